The van der Waals surface area contributed by atoms with Crippen LogP contribution in [0.5, 0.6) is 0 Å². The van der Waals surface area contributed by atoms with Crippen LogP contribution in [0.1, 0.15) is 58.4 Å². The quantitative estimate of drug-likeness (QED) is 0.517. The number of hydrogen-bond acceptors (Lipinski definition) is 7. The van der Waals surface area contributed by atoms with Gasteiger partial charge in [0.2, 0.25) is 0 Å². The molecule has 0 fully saturated rings. The second-order valence-electron chi connectivity index (χ2n) is 8.74. The van der Waals surface area contributed by atoms with Gasteiger partial charge in [0.1, 0.15) is 0 Å². The minimum atomic E-state index is -0.370. The summed E-state index contributed by atoms with van der Waals surface area (Å²) in [5.74, 6) is -0.735. The van der Waals surface area contributed by atoms with E-state index in [1.54, 1.807) is 38.3 Å². The Morgan fingerprint density at radius 1 is 1.18 bits per heavy atom. The fraction of sp³-hybridized carbons (Fsp3) is 0.333. The Balaban J connectivity index is 1.83. The summed E-state index contributed by atoms with van der Waals surface area (Å²) < 4.78 is 6.34. The molecule has 0 atom stereocenters. The minimum absolute atomic E-state index is 0.146. The molecule has 10 nitrogen and oxygen atoms in total. The van der Waals surface area contributed by atoms with Crippen molar-refractivity contribution in [1.82, 2.24) is 25.3 Å². The van der Waals surface area contributed by atoms with E-state index in [4.69, 9.17) is 4.74 Å². The fourth-order valence-electron chi connectivity index (χ4n) is 3.12. The number of aryl methyl sites for hydroxylation is 1. The maximum Gasteiger partial charge on any atom is 0.273 e. The zero-order valence-electron chi connectivity index (χ0n) is 19.8. The molecule has 0 saturated carbocycles. The largest absolute Gasteiger partial charge is 0.383 e. The van der Waals surface area contributed by atoms with Crippen molar-refractivity contribution in [3.05, 3.63) is 64.7 Å². The number of rotatable bonds is 7. The third-order valence-electron chi connectivity index (χ3n) is 5.07. The molecule has 34 heavy (non-hydrogen) atoms. The van der Waals surface area contributed by atoms with Gasteiger partial charge in [-0.1, -0.05) is 26.0 Å². The summed E-state index contributed by atoms with van der Waals surface area (Å²) >= 11 is 0. The number of nitrogens with zero attached hydrogens (tertiary/aromatic N) is 5. The van der Waals surface area contributed by atoms with Crippen molar-refractivity contribution in [2.75, 3.05) is 25.6 Å². The molecular formula is C24H27N7O3. The van der Waals surface area contributed by atoms with Gasteiger partial charge in [-0.3, -0.25) is 14.6 Å². The molecule has 0 aliphatic heterocycles. The SMILES string of the molecule is COCCNC(=O)c1cn(-c2cc(NC(=O)c3cc(C#N)cc(C(C)(C)C)c3)cnc2C)nn1. The van der Waals surface area contributed by atoms with Gasteiger partial charge in [0.15, 0.2) is 5.69 Å². The standard InChI is InChI=1S/C24H27N7O3/c1-15-21(31-14-20(29-30-31)23(33)26-6-7-34-5)11-19(13-27-15)28-22(32)17-8-16(12-25)9-18(10-17)24(2,3)4/h8-11,13-14H,6-7H2,1-5H3,(H,26,33)(H,28,32). The second-order valence-corrected chi connectivity index (χ2v) is 8.74. The monoisotopic (exact) mass is 461 g/mol. The maximum absolute atomic E-state index is 13.0. The van der Waals surface area contributed by atoms with Crippen LogP contribution >= 0.6 is 0 Å². The van der Waals surface area contributed by atoms with Crippen molar-refractivity contribution < 1.29 is 14.3 Å². The van der Waals surface area contributed by atoms with Gasteiger partial charge in [-0.25, -0.2) is 4.68 Å². The van der Waals surface area contributed by atoms with E-state index in [9.17, 15) is 14.9 Å². The molecule has 2 aromatic heterocycles. The van der Waals surface area contributed by atoms with Gasteiger partial charge in [0, 0.05) is 19.2 Å². The highest BCUT2D eigenvalue weighted by Gasteiger charge is 2.19. The first-order chi connectivity index (χ1) is 16.1. The van der Waals surface area contributed by atoms with Gasteiger partial charge in [0.25, 0.3) is 11.8 Å². The molecule has 0 bridgehead atoms. The van der Waals surface area contributed by atoms with E-state index in [-0.39, 0.29) is 22.9 Å². The molecule has 3 aromatic rings. The Kier molecular flexibility index (Phi) is 7.38. The predicted octanol–water partition coefficient (Wildman–Crippen LogP) is 2.77. The third-order valence-corrected chi connectivity index (χ3v) is 5.07. The van der Waals surface area contributed by atoms with Crippen molar-refractivity contribution >= 4 is 17.5 Å². The Bertz CT molecular complexity index is 1250. The van der Waals surface area contributed by atoms with Crippen LogP contribution in [0.2, 0.25) is 0 Å². The average molecular weight is 462 g/mol. The number of methoxy groups -OCH3 is 1. The van der Waals surface area contributed by atoms with Crippen LogP contribution in [0, 0.1) is 18.3 Å². The third kappa shape index (κ3) is 5.82. The van der Waals surface area contributed by atoms with Gasteiger partial charge in [-0.15, -0.1) is 5.10 Å². The molecule has 0 unspecified atom stereocenters. The predicted molar refractivity (Wildman–Crippen MR) is 126 cm³/mol. The Hall–Kier alpha value is -4.10. The lowest BCUT2D eigenvalue weighted by molar-refractivity contribution is 0.0931. The summed E-state index contributed by atoms with van der Waals surface area (Å²) in [4.78, 5) is 29.5. The van der Waals surface area contributed by atoms with Gasteiger partial charge < -0.3 is 15.4 Å². The second kappa shape index (κ2) is 10.2. The molecular weight excluding hydrogens is 434 g/mol. The van der Waals surface area contributed by atoms with E-state index in [1.807, 2.05) is 20.8 Å². The number of carbonyl (C=O) groups is 2. The van der Waals surface area contributed by atoms with E-state index in [0.717, 1.165) is 5.56 Å². The van der Waals surface area contributed by atoms with Crippen LogP contribution in [0.25, 0.3) is 5.69 Å². The number of anilines is 1. The lowest BCUT2D eigenvalue weighted by atomic mass is 9.85. The van der Waals surface area contributed by atoms with E-state index in [1.165, 1.54) is 17.1 Å². The van der Waals surface area contributed by atoms with Crippen molar-refractivity contribution in [2.45, 2.75) is 33.1 Å². The van der Waals surface area contributed by atoms with Crippen LogP contribution in [-0.2, 0) is 10.2 Å². The normalized spacial score (nSPS) is 11.1. The van der Waals surface area contributed by atoms with Crippen LogP contribution in [0.15, 0.2) is 36.7 Å². The van der Waals surface area contributed by atoms with E-state index < -0.39 is 0 Å². The topological polar surface area (TPSA) is 135 Å². The Morgan fingerprint density at radius 3 is 2.62 bits per heavy atom. The van der Waals surface area contributed by atoms with Crippen LogP contribution in [0.3, 0.4) is 0 Å². The summed E-state index contributed by atoms with van der Waals surface area (Å²) in [6.07, 6.45) is 3.02. The average Bonchev–Trinajstić information content (AvgIpc) is 3.29. The van der Waals surface area contributed by atoms with Gasteiger partial charge in [-0.05, 0) is 42.2 Å². The highest BCUT2D eigenvalue weighted by Crippen LogP contribution is 2.25. The molecule has 2 heterocycles. The molecule has 2 N–H and O–H groups in total. The number of carbonyl (C=O) groups excluding carboxylic acids is 2. The zero-order valence-corrected chi connectivity index (χ0v) is 19.8. The number of aromatic nitrogens is 4. The first-order valence-corrected chi connectivity index (χ1v) is 10.7. The highest BCUT2D eigenvalue weighted by molar-refractivity contribution is 6.04. The molecule has 0 aliphatic rings. The van der Waals surface area contributed by atoms with Crippen LogP contribution in [0.4, 0.5) is 5.69 Å². The number of amides is 2. The van der Waals surface area contributed by atoms with Crippen molar-refractivity contribution in [1.29, 1.82) is 5.26 Å². The summed E-state index contributed by atoms with van der Waals surface area (Å²) in [7, 11) is 1.55. The first-order valence-electron chi connectivity index (χ1n) is 10.7. The van der Waals surface area contributed by atoms with Crippen molar-refractivity contribution in [3.63, 3.8) is 0 Å². The van der Waals surface area contributed by atoms with Gasteiger partial charge in [0.05, 0.1) is 47.7 Å². The number of pyridine rings is 1. The molecule has 0 radical (unpaired) electrons. The molecule has 0 spiro atoms. The van der Waals surface area contributed by atoms with Crippen LogP contribution < -0.4 is 10.6 Å². The summed E-state index contributed by atoms with van der Waals surface area (Å²) in [6.45, 7) is 8.59. The lowest BCUT2D eigenvalue weighted by Gasteiger charge is -2.20. The smallest absolute Gasteiger partial charge is 0.273 e. The molecule has 2 amide bonds. The number of benzene rings is 1. The summed E-state index contributed by atoms with van der Waals surface area (Å²) in [5.41, 5.74) is 3.23. The first kappa shape index (κ1) is 24.5. The van der Waals surface area contributed by atoms with E-state index in [0.29, 0.717) is 41.3 Å². The van der Waals surface area contributed by atoms with Crippen LogP contribution in [-0.4, -0.2) is 52.1 Å². The van der Waals surface area contributed by atoms with E-state index >= 15 is 0 Å². The summed E-state index contributed by atoms with van der Waals surface area (Å²) in [5, 5.41) is 22.8. The Morgan fingerprint density at radius 2 is 1.94 bits per heavy atom. The lowest BCUT2D eigenvalue weighted by Crippen LogP contribution is -2.27. The number of hydrogen-bond donors (Lipinski definition) is 2. The molecule has 1 aromatic carbocycles. The number of ether oxygens (including phenoxy) is 1. The molecule has 176 valence electrons. The molecule has 0 aliphatic carbocycles. The minimum Gasteiger partial charge on any atom is -0.383 e. The number of nitrogens with one attached hydrogen (secondary N) is 2. The van der Waals surface area contributed by atoms with E-state index in [2.05, 4.69) is 32.0 Å². The number of nitriles is 1. The Labute approximate surface area is 198 Å². The molecule has 10 heteroatoms. The highest BCUT2D eigenvalue weighted by atomic mass is 16.5. The molecule has 0 saturated heterocycles. The maximum atomic E-state index is 13.0. The zero-order chi connectivity index (χ0) is 24.9. The fourth-order valence-corrected chi connectivity index (χ4v) is 3.12. The van der Waals surface area contributed by atoms with Crippen molar-refractivity contribution in [3.8, 4) is 11.8 Å². The summed E-state index contributed by atoms with van der Waals surface area (Å²) in [6, 6.07) is 8.93. The van der Waals surface area contributed by atoms with Gasteiger partial charge in [-0.2, -0.15) is 5.26 Å². The van der Waals surface area contributed by atoms with Gasteiger partial charge >= 0.3 is 0 Å². The molecule has 3 rings (SSSR count). The van der Waals surface area contributed by atoms with Crippen molar-refractivity contribution in [2.24, 2.45) is 0 Å².